The van der Waals surface area contributed by atoms with Gasteiger partial charge in [-0.2, -0.15) is 4.98 Å². The molecule has 11 heteroatoms. The summed E-state index contributed by atoms with van der Waals surface area (Å²) in [6.07, 6.45) is -0.448. The fourth-order valence-electron chi connectivity index (χ4n) is 4.59. The molecule has 1 aromatic heterocycles. The minimum absolute atomic E-state index is 0.0890. The van der Waals surface area contributed by atoms with Crippen LogP contribution in [0.15, 0.2) is 0 Å². The molecule has 8 nitrogen and oxygen atoms in total. The van der Waals surface area contributed by atoms with Gasteiger partial charge in [0.05, 0.1) is 11.4 Å². The Hall–Kier alpha value is -1.59. The number of halogens is 2. The van der Waals surface area contributed by atoms with Crippen molar-refractivity contribution in [2.45, 2.75) is 45.1 Å². The highest BCUT2D eigenvalue weighted by Gasteiger charge is 2.40. The van der Waals surface area contributed by atoms with Crippen LogP contribution in [0.1, 0.15) is 31.5 Å². The molecule has 2 unspecified atom stereocenters. The molecule has 3 aliphatic rings. The fraction of sp³-hybridized carbons (Fsp3) is 0.789. The smallest absolute Gasteiger partial charge is 0.252 e. The topological polar surface area (TPSA) is 99.2 Å². The first-order chi connectivity index (χ1) is 14.1. The molecule has 2 saturated heterocycles. The zero-order valence-electron chi connectivity index (χ0n) is 17.4. The van der Waals surface area contributed by atoms with E-state index >= 15 is 0 Å². The molecule has 30 heavy (non-hydrogen) atoms. The van der Waals surface area contributed by atoms with Crippen LogP contribution in [0.2, 0.25) is 0 Å². The third-order valence-corrected chi connectivity index (χ3v) is 7.57. The Kier molecular flexibility index (Phi) is 5.88. The number of sulfonamides is 1. The molecule has 1 aliphatic carbocycles. The van der Waals surface area contributed by atoms with Gasteiger partial charge in [0.1, 0.15) is 5.82 Å². The highest BCUT2D eigenvalue weighted by Crippen LogP contribution is 2.37. The van der Waals surface area contributed by atoms with Gasteiger partial charge >= 0.3 is 0 Å². The number of anilines is 2. The zero-order chi connectivity index (χ0) is 21.5. The maximum Gasteiger partial charge on any atom is 0.252 e. The monoisotopic (exact) mass is 444 g/mol. The summed E-state index contributed by atoms with van der Waals surface area (Å²) in [6.45, 7) is 7.24. The number of aryl methyl sites for hydroxylation is 1. The predicted molar refractivity (Wildman–Crippen MR) is 112 cm³/mol. The van der Waals surface area contributed by atoms with Gasteiger partial charge in [-0.3, -0.25) is 0 Å². The highest BCUT2D eigenvalue weighted by atomic mass is 32.2. The standard InChI is InChI=1S/C19H30F2N6O2S/c1-12(2)26-30(28,29)6-5-23-17-15-7-19(20,21)4-3-16(15)24-18(25-17)27-10-13-8-22-9-14(13)11-27/h12-14,22,26H,3-11H2,1-2H3,(H,23,24,25). The van der Waals surface area contributed by atoms with Crippen LogP contribution in [-0.2, 0) is 22.9 Å². The largest absolute Gasteiger partial charge is 0.369 e. The van der Waals surface area contributed by atoms with E-state index in [0.29, 0.717) is 34.9 Å². The van der Waals surface area contributed by atoms with Crippen molar-refractivity contribution in [3.63, 3.8) is 0 Å². The quantitative estimate of drug-likeness (QED) is 0.577. The Morgan fingerprint density at radius 1 is 1.23 bits per heavy atom. The van der Waals surface area contributed by atoms with Crippen molar-refractivity contribution in [2.75, 3.05) is 48.7 Å². The molecule has 168 valence electrons. The van der Waals surface area contributed by atoms with Crippen LogP contribution in [-0.4, -0.2) is 68.8 Å². The van der Waals surface area contributed by atoms with E-state index in [-0.39, 0.29) is 31.2 Å². The molecule has 3 N–H and O–H groups in total. The molecule has 0 bridgehead atoms. The second-order valence-corrected chi connectivity index (χ2v) is 10.8. The SMILES string of the molecule is CC(C)NS(=O)(=O)CCNc1nc(N2CC3CNCC3C2)nc2c1CC(F)(F)CC2. The Morgan fingerprint density at radius 2 is 1.93 bits per heavy atom. The molecular formula is C19H30F2N6O2S. The Bertz CT molecular complexity index is 883. The highest BCUT2D eigenvalue weighted by molar-refractivity contribution is 7.89. The number of aromatic nitrogens is 2. The predicted octanol–water partition coefficient (Wildman–Crippen LogP) is 0.996. The van der Waals surface area contributed by atoms with E-state index in [9.17, 15) is 17.2 Å². The number of nitrogens with one attached hydrogen (secondary N) is 3. The number of nitrogens with zero attached hydrogens (tertiary/aromatic N) is 3. The van der Waals surface area contributed by atoms with Crippen LogP contribution in [0, 0.1) is 11.8 Å². The summed E-state index contributed by atoms with van der Waals surface area (Å²) in [4.78, 5) is 11.3. The Balaban J connectivity index is 1.54. The van der Waals surface area contributed by atoms with Crippen LogP contribution < -0.4 is 20.3 Å². The number of hydrogen-bond donors (Lipinski definition) is 3. The second-order valence-electron chi connectivity index (χ2n) is 8.93. The third-order valence-electron chi connectivity index (χ3n) is 5.99. The van der Waals surface area contributed by atoms with E-state index in [2.05, 4.69) is 30.2 Å². The van der Waals surface area contributed by atoms with Gasteiger partial charge < -0.3 is 15.5 Å². The van der Waals surface area contributed by atoms with Crippen LogP contribution in [0.5, 0.6) is 0 Å². The summed E-state index contributed by atoms with van der Waals surface area (Å²) in [5.74, 6) is -0.955. The van der Waals surface area contributed by atoms with E-state index in [1.54, 1.807) is 13.8 Å². The Labute approximate surface area is 176 Å². The molecule has 4 rings (SSSR count). The van der Waals surface area contributed by atoms with Crippen LogP contribution in [0.25, 0.3) is 0 Å². The van der Waals surface area contributed by atoms with E-state index in [1.165, 1.54) is 0 Å². The fourth-order valence-corrected chi connectivity index (χ4v) is 5.79. The molecule has 0 amide bonds. The minimum atomic E-state index is -3.45. The summed E-state index contributed by atoms with van der Waals surface area (Å²) >= 11 is 0. The number of alkyl halides is 2. The van der Waals surface area contributed by atoms with Crippen molar-refractivity contribution < 1.29 is 17.2 Å². The maximum absolute atomic E-state index is 14.1. The molecule has 1 aromatic rings. The first-order valence-electron chi connectivity index (χ1n) is 10.6. The second kappa shape index (κ2) is 8.16. The average molecular weight is 445 g/mol. The summed E-state index contributed by atoms with van der Waals surface area (Å²) in [7, 11) is -3.45. The summed E-state index contributed by atoms with van der Waals surface area (Å²) in [6, 6.07) is -0.198. The lowest BCUT2D eigenvalue weighted by molar-refractivity contribution is -0.0127. The molecule has 3 heterocycles. The lowest BCUT2D eigenvalue weighted by Crippen LogP contribution is -2.35. The normalized spacial score (nSPS) is 25.4. The van der Waals surface area contributed by atoms with Gasteiger partial charge in [0.15, 0.2) is 0 Å². The van der Waals surface area contributed by atoms with Gasteiger partial charge in [-0.25, -0.2) is 26.9 Å². The van der Waals surface area contributed by atoms with Crippen molar-refractivity contribution >= 4 is 21.8 Å². The first kappa shape index (κ1) is 21.6. The Morgan fingerprint density at radius 3 is 2.60 bits per heavy atom. The van der Waals surface area contributed by atoms with Crippen molar-refractivity contribution in [2.24, 2.45) is 11.8 Å². The number of rotatable bonds is 7. The summed E-state index contributed by atoms with van der Waals surface area (Å²) < 4.78 is 54.8. The van der Waals surface area contributed by atoms with Gasteiger partial charge in [-0.1, -0.05) is 0 Å². The van der Waals surface area contributed by atoms with Gasteiger partial charge in [0, 0.05) is 57.2 Å². The molecule has 0 radical (unpaired) electrons. The molecule has 0 aromatic carbocycles. The van der Waals surface area contributed by atoms with Gasteiger partial charge in [0.2, 0.25) is 16.0 Å². The molecule has 2 atom stereocenters. The van der Waals surface area contributed by atoms with Crippen molar-refractivity contribution in [3.05, 3.63) is 11.3 Å². The van der Waals surface area contributed by atoms with Gasteiger partial charge in [0.25, 0.3) is 5.92 Å². The summed E-state index contributed by atoms with van der Waals surface area (Å²) in [5, 5.41) is 6.41. The lowest BCUT2D eigenvalue weighted by Gasteiger charge is -2.27. The van der Waals surface area contributed by atoms with Gasteiger partial charge in [-0.05, 0) is 32.1 Å². The number of fused-ring (bicyclic) bond motifs is 2. The molecule has 2 aliphatic heterocycles. The number of hydrogen-bond acceptors (Lipinski definition) is 7. The van der Waals surface area contributed by atoms with E-state index < -0.39 is 22.4 Å². The minimum Gasteiger partial charge on any atom is -0.369 e. The summed E-state index contributed by atoms with van der Waals surface area (Å²) in [5.41, 5.74) is 1.05. The molecule has 2 fully saturated rings. The lowest BCUT2D eigenvalue weighted by atomic mass is 9.93. The maximum atomic E-state index is 14.1. The van der Waals surface area contributed by atoms with Crippen LogP contribution >= 0.6 is 0 Å². The molecular weight excluding hydrogens is 414 g/mol. The average Bonchev–Trinajstić information content (AvgIpc) is 3.22. The van der Waals surface area contributed by atoms with E-state index in [1.807, 2.05) is 0 Å². The van der Waals surface area contributed by atoms with Gasteiger partial charge in [-0.15, -0.1) is 0 Å². The van der Waals surface area contributed by atoms with Crippen LogP contribution in [0.4, 0.5) is 20.5 Å². The molecule has 0 saturated carbocycles. The van der Waals surface area contributed by atoms with Crippen molar-refractivity contribution in [1.82, 2.24) is 20.0 Å². The van der Waals surface area contributed by atoms with Crippen molar-refractivity contribution in [3.8, 4) is 0 Å². The van der Waals surface area contributed by atoms with E-state index in [4.69, 9.17) is 0 Å². The zero-order valence-corrected chi connectivity index (χ0v) is 18.2. The first-order valence-corrected chi connectivity index (χ1v) is 12.2. The van der Waals surface area contributed by atoms with Crippen molar-refractivity contribution in [1.29, 1.82) is 0 Å². The third kappa shape index (κ3) is 4.83. The van der Waals surface area contributed by atoms with E-state index in [0.717, 1.165) is 26.2 Å². The molecule has 0 spiro atoms. The van der Waals surface area contributed by atoms with Crippen LogP contribution in [0.3, 0.4) is 0 Å².